The summed E-state index contributed by atoms with van der Waals surface area (Å²) in [4.78, 5) is 11.9. The topological polar surface area (TPSA) is 26.3 Å². The highest BCUT2D eigenvalue weighted by molar-refractivity contribution is 5.93. The molecule has 1 aromatic rings. The molecule has 3 atom stereocenters. The Hall–Kier alpha value is -1.57. The van der Waals surface area contributed by atoms with Crippen LogP contribution < -0.4 is 4.74 Å². The molecule has 2 aliphatic carbocycles. The minimum Gasteiger partial charge on any atom is -0.497 e. The van der Waals surface area contributed by atoms with Crippen molar-refractivity contribution in [1.29, 1.82) is 0 Å². The zero-order chi connectivity index (χ0) is 13.6. The molecule has 0 radical (unpaired) electrons. The van der Waals surface area contributed by atoms with Crippen LogP contribution in [0.4, 0.5) is 0 Å². The van der Waals surface area contributed by atoms with Crippen molar-refractivity contribution >= 4 is 5.78 Å². The molecule has 3 rings (SSSR count). The SMILES string of the molecule is COc1ccc2c(c1)C1(C)C=CC(=O)[C@@H](C)[C@@H]1CC2. The van der Waals surface area contributed by atoms with Crippen LogP contribution in [0.1, 0.15) is 31.4 Å². The maximum atomic E-state index is 11.9. The Kier molecular flexibility index (Phi) is 2.77. The van der Waals surface area contributed by atoms with Gasteiger partial charge in [0, 0.05) is 11.3 Å². The summed E-state index contributed by atoms with van der Waals surface area (Å²) in [6.45, 7) is 4.33. The van der Waals surface area contributed by atoms with Gasteiger partial charge in [0.05, 0.1) is 7.11 Å². The molecule has 0 saturated carbocycles. The zero-order valence-electron chi connectivity index (χ0n) is 11.8. The predicted octanol–water partition coefficient (Wildman–Crippen LogP) is 3.29. The monoisotopic (exact) mass is 256 g/mol. The number of methoxy groups -OCH3 is 1. The molecule has 0 fully saturated rings. The first-order valence-corrected chi connectivity index (χ1v) is 6.97. The van der Waals surface area contributed by atoms with Crippen molar-refractivity contribution in [2.45, 2.75) is 32.1 Å². The van der Waals surface area contributed by atoms with Gasteiger partial charge in [-0.3, -0.25) is 4.79 Å². The number of ether oxygens (including phenoxy) is 1. The maximum absolute atomic E-state index is 11.9. The molecule has 2 aliphatic rings. The fourth-order valence-electron chi connectivity index (χ4n) is 3.80. The number of carbonyl (C=O) groups excluding carboxylic acids is 1. The van der Waals surface area contributed by atoms with Crippen molar-refractivity contribution in [1.82, 2.24) is 0 Å². The van der Waals surface area contributed by atoms with E-state index in [0.717, 1.165) is 18.6 Å². The molecule has 2 heteroatoms. The van der Waals surface area contributed by atoms with E-state index in [9.17, 15) is 4.79 Å². The molecule has 0 saturated heterocycles. The smallest absolute Gasteiger partial charge is 0.158 e. The van der Waals surface area contributed by atoms with Crippen LogP contribution in [0.25, 0.3) is 0 Å². The average molecular weight is 256 g/mol. The third kappa shape index (κ3) is 1.73. The number of allylic oxidation sites excluding steroid dienone is 2. The lowest BCUT2D eigenvalue weighted by Gasteiger charge is -2.45. The number of benzene rings is 1. The van der Waals surface area contributed by atoms with E-state index >= 15 is 0 Å². The van der Waals surface area contributed by atoms with Gasteiger partial charge in [-0.05, 0) is 48.1 Å². The van der Waals surface area contributed by atoms with Crippen molar-refractivity contribution in [2.24, 2.45) is 11.8 Å². The van der Waals surface area contributed by atoms with Crippen LogP contribution in [0, 0.1) is 11.8 Å². The maximum Gasteiger partial charge on any atom is 0.158 e. The van der Waals surface area contributed by atoms with Crippen LogP contribution >= 0.6 is 0 Å². The van der Waals surface area contributed by atoms with Gasteiger partial charge in [0.15, 0.2) is 5.78 Å². The summed E-state index contributed by atoms with van der Waals surface area (Å²) < 4.78 is 5.36. The summed E-state index contributed by atoms with van der Waals surface area (Å²) in [6, 6.07) is 6.35. The first-order valence-electron chi connectivity index (χ1n) is 6.97. The molecule has 0 aromatic heterocycles. The standard InChI is InChI=1S/C17H20O2/c1-11-14-7-5-12-4-6-13(19-3)10-15(12)17(14,2)9-8-16(11)18/h4,6,8-11,14H,5,7H2,1-3H3/t11-,14-,17?/m0/s1. The minimum absolute atomic E-state index is 0.0323. The van der Waals surface area contributed by atoms with E-state index in [2.05, 4.69) is 32.1 Å². The van der Waals surface area contributed by atoms with Crippen LogP contribution in [0.2, 0.25) is 0 Å². The van der Waals surface area contributed by atoms with Crippen molar-refractivity contribution in [2.75, 3.05) is 7.11 Å². The zero-order valence-corrected chi connectivity index (χ0v) is 11.8. The van der Waals surface area contributed by atoms with Gasteiger partial charge in [0.2, 0.25) is 0 Å². The van der Waals surface area contributed by atoms with Crippen LogP contribution in [0.15, 0.2) is 30.4 Å². The van der Waals surface area contributed by atoms with E-state index in [1.807, 2.05) is 6.07 Å². The molecule has 2 nitrogen and oxygen atoms in total. The van der Waals surface area contributed by atoms with Gasteiger partial charge in [-0.25, -0.2) is 0 Å². The van der Waals surface area contributed by atoms with E-state index in [1.165, 1.54) is 11.1 Å². The number of ketones is 1. The normalized spacial score (nSPS) is 32.7. The number of rotatable bonds is 1. The summed E-state index contributed by atoms with van der Waals surface area (Å²) in [5.74, 6) is 1.70. The first kappa shape index (κ1) is 12.5. The van der Waals surface area contributed by atoms with Crippen LogP contribution in [-0.2, 0) is 16.6 Å². The van der Waals surface area contributed by atoms with E-state index < -0.39 is 0 Å². The summed E-state index contributed by atoms with van der Waals surface area (Å²) in [6.07, 6.45) is 6.03. The largest absolute Gasteiger partial charge is 0.497 e. The fourth-order valence-corrected chi connectivity index (χ4v) is 3.80. The van der Waals surface area contributed by atoms with Gasteiger partial charge in [0.1, 0.15) is 5.75 Å². The lowest BCUT2D eigenvalue weighted by molar-refractivity contribution is -0.120. The molecule has 0 N–H and O–H groups in total. The summed E-state index contributed by atoms with van der Waals surface area (Å²) in [5.41, 5.74) is 2.69. The number of aryl methyl sites for hydroxylation is 1. The molecule has 1 aromatic carbocycles. The van der Waals surface area contributed by atoms with Crippen LogP contribution in [0.5, 0.6) is 5.75 Å². The second-order valence-corrected chi connectivity index (χ2v) is 5.98. The molecule has 0 aliphatic heterocycles. The summed E-state index contributed by atoms with van der Waals surface area (Å²) in [5, 5.41) is 0. The number of hydrogen-bond acceptors (Lipinski definition) is 2. The Balaban J connectivity index is 2.16. The molecule has 19 heavy (non-hydrogen) atoms. The molecule has 0 heterocycles. The Labute approximate surface area is 114 Å². The minimum atomic E-state index is -0.0323. The van der Waals surface area contributed by atoms with E-state index in [0.29, 0.717) is 5.92 Å². The molecule has 0 bridgehead atoms. The van der Waals surface area contributed by atoms with E-state index in [1.54, 1.807) is 13.2 Å². The Bertz CT molecular complexity index is 558. The van der Waals surface area contributed by atoms with Gasteiger partial charge in [-0.2, -0.15) is 0 Å². The molecular weight excluding hydrogens is 236 g/mol. The van der Waals surface area contributed by atoms with Crippen molar-refractivity contribution < 1.29 is 9.53 Å². The average Bonchev–Trinajstić information content (AvgIpc) is 2.43. The highest BCUT2D eigenvalue weighted by Gasteiger charge is 2.45. The Morgan fingerprint density at radius 2 is 2.16 bits per heavy atom. The van der Waals surface area contributed by atoms with Gasteiger partial charge in [-0.1, -0.05) is 26.0 Å². The number of hydrogen-bond donors (Lipinski definition) is 0. The fraction of sp³-hybridized carbons (Fsp3) is 0.471. The van der Waals surface area contributed by atoms with Crippen LogP contribution in [0.3, 0.4) is 0 Å². The second-order valence-electron chi connectivity index (χ2n) is 5.98. The molecule has 0 amide bonds. The van der Waals surface area contributed by atoms with E-state index in [-0.39, 0.29) is 17.1 Å². The van der Waals surface area contributed by atoms with Crippen molar-refractivity contribution in [3.05, 3.63) is 41.5 Å². The quantitative estimate of drug-likeness (QED) is 0.770. The third-order valence-electron chi connectivity index (χ3n) is 5.04. The number of carbonyl (C=O) groups is 1. The van der Waals surface area contributed by atoms with Gasteiger partial charge in [-0.15, -0.1) is 0 Å². The lowest BCUT2D eigenvalue weighted by atomic mass is 9.57. The predicted molar refractivity (Wildman–Crippen MR) is 75.5 cm³/mol. The summed E-state index contributed by atoms with van der Waals surface area (Å²) in [7, 11) is 1.70. The highest BCUT2D eigenvalue weighted by Crippen LogP contribution is 2.49. The Morgan fingerprint density at radius 3 is 2.89 bits per heavy atom. The molecule has 100 valence electrons. The van der Waals surface area contributed by atoms with Crippen molar-refractivity contribution in [3.8, 4) is 5.75 Å². The first-order chi connectivity index (χ1) is 9.06. The van der Waals surface area contributed by atoms with Crippen LogP contribution in [-0.4, -0.2) is 12.9 Å². The van der Waals surface area contributed by atoms with Crippen molar-refractivity contribution in [3.63, 3.8) is 0 Å². The van der Waals surface area contributed by atoms with Gasteiger partial charge >= 0.3 is 0 Å². The molecular formula is C17H20O2. The van der Waals surface area contributed by atoms with E-state index in [4.69, 9.17) is 4.74 Å². The lowest BCUT2D eigenvalue weighted by Crippen LogP contribution is -2.43. The Morgan fingerprint density at radius 1 is 1.37 bits per heavy atom. The number of fused-ring (bicyclic) bond motifs is 3. The second kappa shape index (κ2) is 4.22. The van der Waals surface area contributed by atoms with Gasteiger partial charge in [0.25, 0.3) is 0 Å². The highest BCUT2D eigenvalue weighted by atomic mass is 16.5. The van der Waals surface area contributed by atoms with Gasteiger partial charge < -0.3 is 4.74 Å². The molecule has 1 unspecified atom stereocenters. The summed E-state index contributed by atoms with van der Waals surface area (Å²) >= 11 is 0. The third-order valence-corrected chi connectivity index (χ3v) is 5.04. The molecule has 0 spiro atoms.